The minimum atomic E-state index is 0.0301. The third-order valence-corrected chi connectivity index (χ3v) is 3.48. The average Bonchev–Trinajstić information content (AvgIpc) is 2.47. The molecule has 0 aliphatic heterocycles. The molecule has 0 unspecified atom stereocenters. The predicted molar refractivity (Wildman–Crippen MR) is 90.9 cm³/mol. The van der Waals surface area contributed by atoms with Crippen molar-refractivity contribution < 1.29 is 0 Å². The highest BCUT2D eigenvalue weighted by Gasteiger charge is 2.17. The third kappa shape index (κ3) is 5.10. The van der Waals surface area contributed by atoms with E-state index in [1.807, 2.05) is 12.4 Å². The lowest BCUT2D eigenvalue weighted by atomic mass is 9.95. The van der Waals surface area contributed by atoms with Crippen molar-refractivity contribution in [2.45, 2.75) is 39.2 Å². The molecule has 0 aliphatic rings. The van der Waals surface area contributed by atoms with E-state index in [1.165, 1.54) is 5.56 Å². The maximum Gasteiger partial charge on any atom is 0.0551 e. The summed E-state index contributed by atoms with van der Waals surface area (Å²) in [5.74, 6) is 0. The molecule has 112 valence electrons. The molecule has 0 saturated heterocycles. The van der Waals surface area contributed by atoms with Crippen LogP contribution in [0.5, 0.6) is 0 Å². The lowest BCUT2D eigenvalue weighted by Gasteiger charge is -2.27. The van der Waals surface area contributed by atoms with E-state index in [0.717, 1.165) is 30.8 Å². The van der Waals surface area contributed by atoms with E-state index in [-0.39, 0.29) is 5.54 Å². The second kappa shape index (κ2) is 7.11. The minimum Gasteiger partial charge on any atom is -0.384 e. The van der Waals surface area contributed by atoms with Crippen LogP contribution >= 0.6 is 0 Å². The van der Waals surface area contributed by atoms with Crippen LogP contribution in [0.1, 0.15) is 32.8 Å². The summed E-state index contributed by atoms with van der Waals surface area (Å²) in [7, 11) is 0. The Bertz CT molecular complexity index is 549. The van der Waals surface area contributed by atoms with E-state index in [0.29, 0.717) is 0 Å². The van der Waals surface area contributed by atoms with Gasteiger partial charge in [-0.3, -0.25) is 4.98 Å². The molecule has 0 radical (unpaired) electrons. The normalized spacial score (nSPS) is 11.2. The number of hydrogen-bond donors (Lipinski definition) is 2. The molecule has 2 rings (SSSR count). The van der Waals surface area contributed by atoms with Crippen molar-refractivity contribution in [2.75, 3.05) is 17.2 Å². The predicted octanol–water partition coefficient (Wildman–Crippen LogP) is 4.34. The van der Waals surface area contributed by atoms with E-state index in [9.17, 15) is 0 Å². The van der Waals surface area contributed by atoms with Gasteiger partial charge in [-0.15, -0.1) is 0 Å². The van der Waals surface area contributed by atoms with Crippen LogP contribution in [0.2, 0.25) is 0 Å². The molecule has 0 fully saturated rings. The summed E-state index contributed by atoms with van der Waals surface area (Å²) in [5.41, 5.74) is 3.53. The van der Waals surface area contributed by atoms with Crippen LogP contribution in [0, 0.1) is 0 Å². The summed E-state index contributed by atoms with van der Waals surface area (Å²) in [6, 6.07) is 12.7. The zero-order valence-electron chi connectivity index (χ0n) is 13.2. The molecule has 0 aliphatic carbocycles. The van der Waals surface area contributed by atoms with Crippen molar-refractivity contribution in [1.82, 2.24) is 4.98 Å². The summed E-state index contributed by atoms with van der Waals surface area (Å²) in [6.07, 6.45) is 5.88. The molecule has 1 aromatic carbocycles. The summed E-state index contributed by atoms with van der Waals surface area (Å²) in [4.78, 5) is 4.28. The van der Waals surface area contributed by atoms with Gasteiger partial charge in [-0.25, -0.2) is 0 Å². The van der Waals surface area contributed by atoms with Gasteiger partial charge in [-0.2, -0.15) is 0 Å². The Hall–Kier alpha value is -2.03. The molecule has 0 atom stereocenters. The number of nitrogens with zero attached hydrogens (tertiary/aromatic N) is 1. The topological polar surface area (TPSA) is 37.0 Å². The van der Waals surface area contributed by atoms with Crippen LogP contribution in [0.3, 0.4) is 0 Å². The van der Waals surface area contributed by atoms with Gasteiger partial charge in [0.25, 0.3) is 0 Å². The second-order valence-electron chi connectivity index (χ2n) is 5.99. The molecule has 0 spiro atoms. The Labute approximate surface area is 127 Å². The fourth-order valence-electron chi connectivity index (χ4n) is 2.36. The van der Waals surface area contributed by atoms with Crippen LogP contribution in [0.25, 0.3) is 0 Å². The summed E-state index contributed by atoms with van der Waals surface area (Å²) in [6.45, 7) is 7.46. The van der Waals surface area contributed by atoms with Crippen molar-refractivity contribution in [3.05, 3.63) is 54.4 Å². The SMILES string of the molecule is CCNc1cncc(NC(C)(C)CCc2ccccc2)c1. The Morgan fingerprint density at radius 3 is 2.48 bits per heavy atom. The summed E-state index contributed by atoms with van der Waals surface area (Å²) in [5, 5.41) is 6.87. The molecule has 21 heavy (non-hydrogen) atoms. The number of aryl methyl sites for hydroxylation is 1. The van der Waals surface area contributed by atoms with Gasteiger partial charge in [-0.05, 0) is 45.2 Å². The van der Waals surface area contributed by atoms with Crippen LogP contribution in [0.15, 0.2) is 48.8 Å². The molecule has 2 N–H and O–H groups in total. The molecule has 3 nitrogen and oxygen atoms in total. The first-order valence-corrected chi connectivity index (χ1v) is 7.60. The van der Waals surface area contributed by atoms with E-state index in [1.54, 1.807) is 0 Å². The fourth-order valence-corrected chi connectivity index (χ4v) is 2.36. The van der Waals surface area contributed by atoms with Crippen molar-refractivity contribution in [1.29, 1.82) is 0 Å². The number of aromatic nitrogens is 1. The van der Waals surface area contributed by atoms with Crippen LogP contribution < -0.4 is 10.6 Å². The Kier molecular flexibility index (Phi) is 5.20. The monoisotopic (exact) mass is 283 g/mol. The Morgan fingerprint density at radius 1 is 1.05 bits per heavy atom. The van der Waals surface area contributed by atoms with Gasteiger partial charge < -0.3 is 10.6 Å². The van der Waals surface area contributed by atoms with Gasteiger partial charge in [0, 0.05) is 12.1 Å². The zero-order chi connectivity index (χ0) is 15.1. The molecule has 2 aromatic rings. The first-order chi connectivity index (χ1) is 10.1. The molecular formula is C18H25N3. The van der Waals surface area contributed by atoms with Crippen molar-refractivity contribution in [3.63, 3.8) is 0 Å². The molecule has 0 bridgehead atoms. The Balaban J connectivity index is 1.95. The largest absolute Gasteiger partial charge is 0.384 e. The minimum absolute atomic E-state index is 0.0301. The number of anilines is 2. The smallest absolute Gasteiger partial charge is 0.0551 e. The van der Waals surface area contributed by atoms with E-state index in [2.05, 4.69) is 72.8 Å². The van der Waals surface area contributed by atoms with E-state index in [4.69, 9.17) is 0 Å². The maximum absolute atomic E-state index is 4.28. The molecule has 1 heterocycles. The highest BCUT2D eigenvalue weighted by atomic mass is 15.0. The van der Waals surface area contributed by atoms with E-state index >= 15 is 0 Å². The van der Waals surface area contributed by atoms with Gasteiger partial charge in [0.15, 0.2) is 0 Å². The van der Waals surface area contributed by atoms with Crippen molar-refractivity contribution in [2.24, 2.45) is 0 Å². The number of rotatable bonds is 7. The maximum atomic E-state index is 4.28. The quantitative estimate of drug-likeness (QED) is 0.794. The molecule has 1 aromatic heterocycles. The van der Waals surface area contributed by atoms with E-state index < -0.39 is 0 Å². The second-order valence-corrected chi connectivity index (χ2v) is 5.99. The zero-order valence-corrected chi connectivity index (χ0v) is 13.2. The lowest BCUT2D eigenvalue weighted by molar-refractivity contribution is 0.518. The number of nitrogens with one attached hydrogen (secondary N) is 2. The number of pyridine rings is 1. The molecule has 3 heteroatoms. The lowest BCUT2D eigenvalue weighted by Crippen LogP contribution is -2.31. The number of benzene rings is 1. The van der Waals surface area contributed by atoms with Crippen LogP contribution in [-0.4, -0.2) is 17.1 Å². The molecule has 0 amide bonds. The summed E-state index contributed by atoms with van der Waals surface area (Å²) >= 11 is 0. The van der Waals surface area contributed by atoms with Crippen molar-refractivity contribution >= 4 is 11.4 Å². The van der Waals surface area contributed by atoms with Crippen LogP contribution in [0.4, 0.5) is 11.4 Å². The molecular weight excluding hydrogens is 258 g/mol. The van der Waals surface area contributed by atoms with Gasteiger partial charge >= 0.3 is 0 Å². The van der Waals surface area contributed by atoms with Gasteiger partial charge in [0.1, 0.15) is 0 Å². The van der Waals surface area contributed by atoms with Crippen molar-refractivity contribution in [3.8, 4) is 0 Å². The fraction of sp³-hybridized carbons (Fsp3) is 0.389. The summed E-state index contributed by atoms with van der Waals surface area (Å²) < 4.78 is 0. The van der Waals surface area contributed by atoms with Gasteiger partial charge in [-0.1, -0.05) is 30.3 Å². The Morgan fingerprint density at radius 2 is 1.76 bits per heavy atom. The third-order valence-electron chi connectivity index (χ3n) is 3.48. The average molecular weight is 283 g/mol. The molecule has 0 saturated carbocycles. The highest BCUT2D eigenvalue weighted by molar-refractivity contribution is 5.54. The standard InChI is InChI=1S/C18H25N3/c1-4-20-16-12-17(14-19-13-16)21-18(2,3)11-10-15-8-6-5-7-9-15/h5-9,12-14,20-21H,4,10-11H2,1-3H3. The first kappa shape index (κ1) is 15.4. The van der Waals surface area contributed by atoms with Gasteiger partial charge in [0.2, 0.25) is 0 Å². The van der Waals surface area contributed by atoms with Crippen LogP contribution in [-0.2, 0) is 6.42 Å². The highest BCUT2D eigenvalue weighted by Crippen LogP contribution is 2.21. The number of hydrogen-bond acceptors (Lipinski definition) is 3. The van der Waals surface area contributed by atoms with Gasteiger partial charge in [0.05, 0.1) is 23.8 Å². The first-order valence-electron chi connectivity index (χ1n) is 7.60.